The van der Waals surface area contributed by atoms with Crippen LogP contribution in [-0.4, -0.2) is 39.1 Å². The first-order valence-corrected chi connectivity index (χ1v) is 12.1. The summed E-state index contributed by atoms with van der Waals surface area (Å²) in [5.74, 6) is 4.55. The molecule has 1 amide bonds. The fraction of sp³-hybridized carbons (Fsp3) is 0.609. The van der Waals surface area contributed by atoms with Crippen molar-refractivity contribution in [2.24, 2.45) is 17.8 Å². The van der Waals surface area contributed by atoms with Crippen LogP contribution >= 0.6 is 11.8 Å². The number of hydrogen-bond acceptors (Lipinski definition) is 5. The number of nitrogens with zero attached hydrogens (tertiary/aromatic N) is 3. The first-order valence-electron chi connectivity index (χ1n) is 11.1. The number of amides is 1. The van der Waals surface area contributed by atoms with Crippen LogP contribution in [0.25, 0.3) is 11.4 Å². The van der Waals surface area contributed by atoms with Gasteiger partial charge in [0.1, 0.15) is 5.75 Å². The number of carbonyl (C=O) groups excluding carboxylic acids is 1. The first kappa shape index (κ1) is 19.9. The van der Waals surface area contributed by atoms with Gasteiger partial charge in [-0.2, -0.15) is 0 Å². The van der Waals surface area contributed by atoms with Crippen molar-refractivity contribution in [3.8, 4) is 17.1 Å². The summed E-state index contributed by atoms with van der Waals surface area (Å²) >= 11 is 1.47. The molecule has 0 unspecified atom stereocenters. The zero-order valence-corrected chi connectivity index (χ0v) is 18.6. The van der Waals surface area contributed by atoms with Crippen LogP contribution in [-0.2, 0) is 11.3 Å². The number of rotatable bonds is 7. The highest BCUT2D eigenvalue weighted by Gasteiger charge is 2.51. The van der Waals surface area contributed by atoms with Gasteiger partial charge in [0, 0.05) is 12.1 Å². The molecule has 6 nitrogen and oxygen atoms in total. The second-order valence-electron chi connectivity index (χ2n) is 9.29. The Morgan fingerprint density at radius 3 is 2.47 bits per heavy atom. The van der Waals surface area contributed by atoms with Crippen LogP contribution in [0.5, 0.6) is 5.75 Å². The number of methoxy groups -OCH3 is 1. The molecule has 7 heteroatoms. The van der Waals surface area contributed by atoms with E-state index < -0.39 is 0 Å². The predicted octanol–water partition coefficient (Wildman–Crippen LogP) is 4.15. The number of hydrogen-bond donors (Lipinski definition) is 1. The summed E-state index contributed by atoms with van der Waals surface area (Å²) in [5, 5.41) is 13.0. The van der Waals surface area contributed by atoms with Gasteiger partial charge in [0.2, 0.25) is 5.91 Å². The third-order valence-electron chi connectivity index (χ3n) is 7.16. The quantitative estimate of drug-likeness (QED) is 0.674. The molecule has 0 atom stereocenters. The van der Waals surface area contributed by atoms with Gasteiger partial charge in [-0.1, -0.05) is 23.9 Å². The maximum atomic E-state index is 12.9. The first-order chi connectivity index (χ1) is 14.6. The average Bonchev–Trinajstić information content (AvgIpc) is 3.13. The molecule has 1 aromatic carbocycles. The minimum atomic E-state index is 0.0629. The lowest BCUT2D eigenvalue weighted by atomic mass is 9.53. The maximum absolute atomic E-state index is 12.9. The van der Waals surface area contributed by atoms with Crippen molar-refractivity contribution in [1.82, 2.24) is 20.1 Å². The van der Waals surface area contributed by atoms with Gasteiger partial charge in [-0.15, -0.1) is 10.2 Å². The van der Waals surface area contributed by atoms with Crippen LogP contribution < -0.4 is 10.1 Å². The zero-order chi connectivity index (χ0) is 20.7. The minimum Gasteiger partial charge on any atom is -0.496 e. The van der Waals surface area contributed by atoms with E-state index in [-0.39, 0.29) is 11.4 Å². The molecule has 1 aromatic heterocycles. The average molecular weight is 427 g/mol. The van der Waals surface area contributed by atoms with Gasteiger partial charge < -0.3 is 14.6 Å². The second-order valence-corrected chi connectivity index (χ2v) is 10.2. The summed E-state index contributed by atoms with van der Waals surface area (Å²) in [4.78, 5) is 12.9. The number of ether oxygens (including phenoxy) is 1. The fourth-order valence-corrected chi connectivity index (χ4v) is 7.24. The lowest BCUT2D eigenvalue weighted by molar-refractivity contribution is -0.124. The van der Waals surface area contributed by atoms with Gasteiger partial charge >= 0.3 is 0 Å². The van der Waals surface area contributed by atoms with Crippen LogP contribution in [0.4, 0.5) is 0 Å². The molecule has 0 aliphatic heterocycles. The van der Waals surface area contributed by atoms with Crippen molar-refractivity contribution in [3.63, 3.8) is 0 Å². The summed E-state index contributed by atoms with van der Waals surface area (Å²) in [6, 6.07) is 7.83. The van der Waals surface area contributed by atoms with Crippen molar-refractivity contribution in [2.45, 2.75) is 62.7 Å². The summed E-state index contributed by atoms with van der Waals surface area (Å²) in [5.41, 5.74) is 0.979. The van der Waals surface area contributed by atoms with Gasteiger partial charge in [-0.05, 0) is 75.3 Å². The molecule has 1 N–H and O–H groups in total. The van der Waals surface area contributed by atoms with E-state index in [1.54, 1.807) is 7.11 Å². The van der Waals surface area contributed by atoms with E-state index >= 15 is 0 Å². The standard InChI is InChI=1S/C23H30N4O2S/c1-3-27-21(18-6-4-5-7-19(18)29-2)25-26-22(27)30-14-20(28)24-23-11-15-8-16(12-23)10-17(9-15)13-23/h4-7,15-17H,3,8-14H2,1-2H3,(H,24,28). The van der Waals surface area contributed by atoms with Crippen molar-refractivity contribution >= 4 is 17.7 Å². The van der Waals surface area contributed by atoms with Gasteiger partial charge in [0.25, 0.3) is 0 Å². The monoisotopic (exact) mass is 426 g/mol. The molecule has 1 heterocycles. The van der Waals surface area contributed by atoms with Crippen molar-refractivity contribution in [3.05, 3.63) is 24.3 Å². The Balaban J connectivity index is 1.27. The minimum absolute atomic E-state index is 0.0629. The number of aromatic nitrogens is 3. The number of thioether (sulfide) groups is 1. The van der Waals surface area contributed by atoms with Crippen molar-refractivity contribution < 1.29 is 9.53 Å². The summed E-state index contributed by atoms with van der Waals surface area (Å²) in [6.45, 7) is 2.81. The number of nitrogens with one attached hydrogen (secondary N) is 1. The Morgan fingerprint density at radius 2 is 1.83 bits per heavy atom. The molecule has 30 heavy (non-hydrogen) atoms. The number of carbonyl (C=O) groups is 1. The Hall–Kier alpha value is -2.02. The molecule has 4 bridgehead atoms. The summed E-state index contributed by atoms with van der Waals surface area (Å²) in [6.07, 6.45) is 7.69. The fourth-order valence-electron chi connectivity index (χ4n) is 6.43. The Labute approximate surface area is 182 Å². The highest BCUT2D eigenvalue weighted by atomic mass is 32.2. The van der Waals surface area contributed by atoms with Crippen molar-refractivity contribution in [2.75, 3.05) is 12.9 Å². The van der Waals surface area contributed by atoms with Crippen LogP contribution in [0.2, 0.25) is 0 Å². The van der Waals surface area contributed by atoms with E-state index in [4.69, 9.17) is 4.74 Å². The molecule has 4 saturated carbocycles. The van der Waals surface area contributed by atoms with E-state index in [2.05, 4.69) is 27.0 Å². The van der Waals surface area contributed by atoms with Crippen LogP contribution in [0.3, 0.4) is 0 Å². The maximum Gasteiger partial charge on any atom is 0.230 e. The van der Waals surface area contributed by atoms with Gasteiger partial charge in [0.15, 0.2) is 11.0 Å². The topological polar surface area (TPSA) is 69.0 Å². The third-order valence-corrected chi connectivity index (χ3v) is 8.12. The SMILES string of the molecule is CCn1c(SCC(=O)NC23CC4CC(CC(C4)C2)C3)nnc1-c1ccccc1OC. The lowest BCUT2D eigenvalue weighted by Gasteiger charge is -2.56. The highest BCUT2D eigenvalue weighted by Crippen LogP contribution is 2.55. The van der Waals surface area contributed by atoms with Crippen LogP contribution in [0, 0.1) is 17.8 Å². The zero-order valence-electron chi connectivity index (χ0n) is 17.8. The largest absolute Gasteiger partial charge is 0.496 e. The van der Waals surface area contributed by atoms with Crippen molar-refractivity contribution in [1.29, 1.82) is 0 Å². The molecule has 6 rings (SSSR count). The molecule has 4 fully saturated rings. The number of para-hydroxylation sites is 1. The van der Waals surface area contributed by atoms with E-state index in [0.717, 1.165) is 46.6 Å². The second kappa shape index (κ2) is 7.91. The molecule has 0 spiro atoms. The molecular formula is C23H30N4O2S. The van der Waals surface area contributed by atoms with Gasteiger partial charge in [0.05, 0.1) is 18.4 Å². The smallest absolute Gasteiger partial charge is 0.230 e. The van der Waals surface area contributed by atoms with Crippen LogP contribution in [0.1, 0.15) is 45.4 Å². The van der Waals surface area contributed by atoms with E-state index in [1.807, 2.05) is 24.3 Å². The lowest BCUT2D eigenvalue weighted by Crippen LogP contribution is -2.60. The van der Waals surface area contributed by atoms with E-state index in [0.29, 0.717) is 5.75 Å². The van der Waals surface area contributed by atoms with E-state index in [1.165, 1.54) is 50.3 Å². The molecular weight excluding hydrogens is 396 g/mol. The molecule has 2 aromatic rings. The molecule has 4 aliphatic carbocycles. The Bertz CT molecular complexity index is 906. The number of benzene rings is 1. The molecule has 160 valence electrons. The normalized spacial score (nSPS) is 29.2. The Kier molecular flexibility index (Phi) is 5.25. The summed E-state index contributed by atoms with van der Waals surface area (Å²) < 4.78 is 7.55. The summed E-state index contributed by atoms with van der Waals surface area (Å²) in [7, 11) is 1.66. The van der Waals surface area contributed by atoms with Gasteiger partial charge in [-0.3, -0.25) is 4.79 Å². The highest BCUT2D eigenvalue weighted by molar-refractivity contribution is 7.99. The Morgan fingerprint density at radius 1 is 1.17 bits per heavy atom. The molecule has 0 saturated heterocycles. The molecule has 0 radical (unpaired) electrons. The molecule has 4 aliphatic rings. The predicted molar refractivity (Wildman–Crippen MR) is 117 cm³/mol. The van der Waals surface area contributed by atoms with E-state index in [9.17, 15) is 4.79 Å². The van der Waals surface area contributed by atoms with Crippen LogP contribution in [0.15, 0.2) is 29.4 Å². The van der Waals surface area contributed by atoms with Gasteiger partial charge in [-0.25, -0.2) is 0 Å². The third kappa shape index (κ3) is 3.61.